The zero-order chi connectivity index (χ0) is 22.5. The molecule has 3 aromatic heterocycles. The van der Waals surface area contributed by atoms with Crippen molar-refractivity contribution in [3.63, 3.8) is 0 Å². The number of anilines is 2. The molecule has 1 saturated carbocycles. The summed E-state index contributed by atoms with van der Waals surface area (Å²) in [5.74, 6) is 0.650. The van der Waals surface area contributed by atoms with Crippen molar-refractivity contribution in [3.8, 4) is 11.3 Å². The summed E-state index contributed by atoms with van der Waals surface area (Å²) >= 11 is 0. The lowest BCUT2D eigenvalue weighted by molar-refractivity contribution is -0.137. The maximum atomic E-state index is 13.8. The molecule has 2 N–H and O–H groups in total. The molecule has 0 radical (unpaired) electrons. The first kappa shape index (κ1) is 20.7. The smallest absolute Gasteiger partial charge is 0.417 e. The molecule has 4 heterocycles. The molecule has 168 valence electrons. The van der Waals surface area contributed by atoms with Crippen molar-refractivity contribution >= 4 is 11.8 Å². The second kappa shape index (κ2) is 7.44. The number of aryl methyl sites for hydroxylation is 1. The highest BCUT2D eigenvalue weighted by Gasteiger charge is 2.52. The van der Waals surface area contributed by atoms with Crippen LogP contribution in [0.25, 0.3) is 11.3 Å². The number of ether oxygens (including phenoxy) is 1. The molecule has 11 heteroatoms. The van der Waals surface area contributed by atoms with Crippen LogP contribution in [0.2, 0.25) is 0 Å². The van der Waals surface area contributed by atoms with E-state index in [1.54, 1.807) is 12.3 Å². The van der Waals surface area contributed by atoms with E-state index in [0.717, 1.165) is 30.8 Å². The van der Waals surface area contributed by atoms with Crippen LogP contribution in [0.3, 0.4) is 0 Å². The normalized spacial score (nSPS) is 18.1. The second-order valence-electron chi connectivity index (χ2n) is 8.07. The Morgan fingerprint density at radius 1 is 1.09 bits per heavy atom. The van der Waals surface area contributed by atoms with E-state index in [1.165, 1.54) is 0 Å². The third-order valence-electron chi connectivity index (χ3n) is 5.78. The lowest BCUT2D eigenvalue weighted by Gasteiger charge is -2.28. The molecule has 0 aromatic carbocycles. The SMILES string of the molecule is Cc1coc(C2(c3cc(-c4cnc(N)cc4C(F)(F)F)nc(N4CCOCC4)n3)CC2)n1. The summed E-state index contributed by atoms with van der Waals surface area (Å²) in [5, 5.41) is 0. The molecule has 32 heavy (non-hydrogen) atoms. The van der Waals surface area contributed by atoms with Crippen LogP contribution < -0.4 is 10.6 Å². The summed E-state index contributed by atoms with van der Waals surface area (Å²) in [6, 6.07) is 2.41. The van der Waals surface area contributed by atoms with E-state index in [4.69, 9.17) is 19.9 Å². The molecule has 1 aliphatic heterocycles. The van der Waals surface area contributed by atoms with E-state index < -0.39 is 17.2 Å². The van der Waals surface area contributed by atoms with Crippen LogP contribution in [0.1, 0.15) is 35.7 Å². The Labute approximate surface area is 181 Å². The van der Waals surface area contributed by atoms with Gasteiger partial charge in [0.05, 0.1) is 41.3 Å². The number of aromatic nitrogens is 4. The maximum Gasteiger partial charge on any atom is 0.417 e. The van der Waals surface area contributed by atoms with Crippen LogP contribution in [-0.2, 0) is 16.3 Å². The number of nitrogens with two attached hydrogens (primary N) is 1. The van der Waals surface area contributed by atoms with Gasteiger partial charge in [-0.2, -0.15) is 13.2 Å². The van der Waals surface area contributed by atoms with Crippen molar-refractivity contribution < 1.29 is 22.3 Å². The maximum absolute atomic E-state index is 13.8. The van der Waals surface area contributed by atoms with Crippen LogP contribution in [0, 0.1) is 6.92 Å². The predicted molar refractivity (Wildman–Crippen MR) is 109 cm³/mol. The molecule has 0 amide bonds. The number of nitrogen functional groups attached to an aromatic ring is 1. The van der Waals surface area contributed by atoms with E-state index in [9.17, 15) is 13.2 Å². The minimum absolute atomic E-state index is 0.130. The van der Waals surface area contributed by atoms with Gasteiger partial charge in [0.25, 0.3) is 0 Å². The summed E-state index contributed by atoms with van der Waals surface area (Å²) in [5.41, 5.74) is 5.38. The first-order chi connectivity index (χ1) is 15.3. The topological polar surface area (TPSA) is 103 Å². The largest absolute Gasteiger partial charge is 0.448 e. The highest BCUT2D eigenvalue weighted by molar-refractivity contribution is 5.67. The second-order valence-corrected chi connectivity index (χ2v) is 8.07. The zero-order valence-corrected chi connectivity index (χ0v) is 17.3. The van der Waals surface area contributed by atoms with Gasteiger partial charge in [0.2, 0.25) is 11.8 Å². The van der Waals surface area contributed by atoms with Crippen LogP contribution in [0.5, 0.6) is 0 Å². The van der Waals surface area contributed by atoms with Crippen LogP contribution in [-0.4, -0.2) is 46.2 Å². The number of alkyl halides is 3. The molecule has 8 nitrogen and oxygen atoms in total. The van der Waals surface area contributed by atoms with Gasteiger partial charge in [0.15, 0.2) is 0 Å². The van der Waals surface area contributed by atoms with E-state index in [0.29, 0.717) is 43.8 Å². The molecular formula is C21H21F3N6O2. The molecular weight excluding hydrogens is 425 g/mol. The van der Waals surface area contributed by atoms with Crippen molar-refractivity contribution in [2.45, 2.75) is 31.4 Å². The number of morpholine rings is 1. The Kier molecular flexibility index (Phi) is 4.81. The van der Waals surface area contributed by atoms with Gasteiger partial charge in [-0.25, -0.2) is 19.9 Å². The van der Waals surface area contributed by atoms with Crippen molar-refractivity contribution in [3.05, 3.63) is 47.4 Å². The average Bonchev–Trinajstić information content (AvgIpc) is 3.48. The number of oxazole rings is 1. The number of pyridine rings is 1. The number of hydrogen-bond acceptors (Lipinski definition) is 8. The van der Waals surface area contributed by atoms with Gasteiger partial charge in [-0.1, -0.05) is 0 Å². The predicted octanol–water partition coefficient (Wildman–Crippen LogP) is 3.35. The number of nitrogens with zero attached hydrogens (tertiary/aromatic N) is 5. The first-order valence-corrected chi connectivity index (χ1v) is 10.2. The molecule has 0 unspecified atom stereocenters. The monoisotopic (exact) mass is 446 g/mol. The first-order valence-electron chi connectivity index (χ1n) is 10.2. The summed E-state index contributed by atoms with van der Waals surface area (Å²) < 4.78 is 52.5. The van der Waals surface area contributed by atoms with Gasteiger partial charge in [0.1, 0.15) is 12.1 Å². The fourth-order valence-electron chi connectivity index (χ4n) is 3.91. The Morgan fingerprint density at radius 3 is 2.47 bits per heavy atom. The fourth-order valence-corrected chi connectivity index (χ4v) is 3.91. The van der Waals surface area contributed by atoms with Gasteiger partial charge < -0.3 is 19.8 Å². The highest BCUT2D eigenvalue weighted by atomic mass is 19.4. The lowest BCUT2D eigenvalue weighted by atomic mass is 9.98. The molecule has 0 spiro atoms. The summed E-state index contributed by atoms with van der Waals surface area (Å²) in [4.78, 5) is 19.5. The quantitative estimate of drug-likeness (QED) is 0.651. The molecule has 2 fully saturated rings. The average molecular weight is 446 g/mol. The van der Waals surface area contributed by atoms with Crippen molar-refractivity contribution in [1.82, 2.24) is 19.9 Å². The molecule has 2 aliphatic rings. The van der Waals surface area contributed by atoms with Crippen LogP contribution in [0.15, 0.2) is 29.0 Å². The number of halogens is 3. The third-order valence-corrected chi connectivity index (χ3v) is 5.78. The third kappa shape index (κ3) is 3.66. The molecule has 1 saturated heterocycles. The summed E-state index contributed by atoms with van der Waals surface area (Å²) in [6.45, 7) is 3.89. The molecule has 1 aliphatic carbocycles. The zero-order valence-electron chi connectivity index (χ0n) is 17.3. The Hall–Kier alpha value is -3.21. The van der Waals surface area contributed by atoms with E-state index in [-0.39, 0.29) is 17.1 Å². The number of rotatable bonds is 4. The van der Waals surface area contributed by atoms with Crippen molar-refractivity contribution in [2.24, 2.45) is 0 Å². The van der Waals surface area contributed by atoms with Gasteiger partial charge in [-0.3, -0.25) is 0 Å². The minimum Gasteiger partial charge on any atom is -0.448 e. The van der Waals surface area contributed by atoms with E-state index >= 15 is 0 Å². The van der Waals surface area contributed by atoms with Gasteiger partial charge >= 0.3 is 6.18 Å². The van der Waals surface area contributed by atoms with Gasteiger partial charge in [-0.15, -0.1) is 0 Å². The standard InChI is InChI=1S/C21H21F3N6O2/c1-12-11-32-18(27-12)20(2-3-20)16-9-15(28-19(29-16)30-4-6-31-7-5-30)13-10-26-17(25)8-14(13)21(22,23)24/h8-11H,2-7H2,1H3,(H2,25,26). The minimum atomic E-state index is -4.62. The van der Waals surface area contributed by atoms with E-state index in [2.05, 4.69) is 15.0 Å². The van der Waals surface area contributed by atoms with E-state index in [1.807, 2.05) is 11.8 Å². The Balaban J connectivity index is 1.68. The molecule has 3 aromatic rings. The summed E-state index contributed by atoms with van der Waals surface area (Å²) in [6.07, 6.45) is -0.474. The number of hydrogen-bond donors (Lipinski definition) is 1. The van der Waals surface area contributed by atoms with Crippen LogP contribution >= 0.6 is 0 Å². The van der Waals surface area contributed by atoms with Crippen molar-refractivity contribution in [1.29, 1.82) is 0 Å². The van der Waals surface area contributed by atoms with Gasteiger partial charge in [-0.05, 0) is 31.9 Å². The van der Waals surface area contributed by atoms with Gasteiger partial charge in [0, 0.05) is 24.8 Å². The highest BCUT2D eigenvalue weighted by Crippen LogP contribution is 2.53. The molecule has 0 atom stereocenters. The Morgan fingerprint density at radius 2 is 1.84 bits per heavy atom. The molecule has 0 bridgehead atoms. The van der Waals surface area contributed by atoms with Crippen LogP contribution in [0.4, 0.5) is 24.9 Å². The fraction of sp³-hybridized carbons (Fsp3) is 0.429. The lowest BCUT2D eigenvalue weighted by Crippen LogP contribution is -2.37. The molecule has 5 rings (SSSR count). The Bertz CT molecular complexity index is 1150. The summed E-state index contributed by atoms with van der Waals surface area (Å²) in [7, 11) is 0. The van der Waals surface area contributed by atoms with Crippen molar-refractivity contribution in [2.75, 3.05) is 36.9 Å².